The molecule has 0 unspecified atom stereocenters. The number of nitrogens with zero attached hydrogens (tertiary/aromatic N) is 5. The Morgan fingerprint density at radius 1 is 1.32 bits per heavy atom. The molecule has 3 rings (SSSR count). The lowest BCUT2D eigenvalue weighted by atomic mass is 9.98. The molecule has 0 bridgehead atoms. The lowest BCUT2D eigenvalue weighted by Crippen LogP contribution is -2.37. The van der Waals surface area contributed by atoms with Gasteiger partial charge in [0, 0.05) is 37.7 Å². The van der Waals surface area contributed by atoms with Gasteiger partial charge in [0.05, 0.1) is 6.20 Å². The average Bonchev–Trinajstić information content (AvgIpc) is 3.25. The van der Waals surface area contributed by atoms with Crippen LogP contribution in [0.25, 0.3) is 0 Å². The molecule has 9 heteroatoms. The third-order valence-electron chi connectivity index (χ3n) is 4.48. The number of aryl methyl sites for hydroxylation is 1. The average molecular weight is 367 g/mol. The summed E-state index contributed by atoms with van der Waals surface area (Å²) in [5, 5.41) is 8.12. The van der Waals surface area contributed by atoms with Gasteiger partial charge >= 0.3 is 0 Å². The van der Waals surface area contributed by atoms with Crippen LogP contribution in [0.15, 0.2) is 21.8 Å². The number of hydrogen-bond donors (Lipinski definition) is 0. The molecule has 8 nitrogen and oxygen atoms in total. The highest BCUT2D eigenvalue weighted by atomic mass is 32.2. The fourth-order valence-electron chi connectivity index (χ4n) is 2.97. The van der Waals surface area contributed by atoms with Gasteiger partial charge in [0.1, 0.15) is 4.90 Å². The topological polar surface area (TPSA) is 94.1 Å². The first kappa shape index (κ1) is 18.1. The van der Waals surface area contributed by atoms with Crippen LogP contribution in [0.1, 0.15) is 63.6 Å². The molecule has 2 aromatic rings. The Hall–Kier alpha value is -1.74. The first-order chi connectivity index (χ1) is 11.9. The maximum Gasteiger partial charge on any atom is 0.246 e. The molecule has 0 radical (unpaired) electrons. The van der Waals surface area contributed by atoms with Crippen LogP contribution in [0.4, 0.5) is 0 Å². The molecule has 0 saturated carbocycles. The van der Waals surface area contributed by atoms with Crippen molar-refractivity contribution >= 4 is 10.0 Å². The molecular formula is C16H25N5O3S. The Bertz CT molecular complexity index is 803. The van der Waals surface area contributed by atoms with E-state index in [-0.39, 0.29) is 16.7 Å². The fourth-order valence-corrected chi connectivity index (χ4v) is 4.39. The molecule has 3 heterocycles. The summed E-state index contributed by atoms with van der Waals surface area (Å²) < 4.78 is 34.1. The minimum Gasteiger partial charge on any atom is -0.339 e. The highest BCUT2D eigenvalue weighted by Crippen LogP contribution is 2.30. The molecule has 0 aliphatic carbocycles. The normalized spacial score (nSPS) is 17.4. The minimum atomic E-state index is -3.49. The highest BCUT2D eigenvalue weighted by molar-refractivity contribution is 7.89. The second kappa shape index (κ2) is 7.25. The van der Waals surface area contributed by atoms with Crippen molar-refractivity contribution in [2.45, 2.75) is 63.3 Å². The van der Waals surface area contributed by atoms with Crippen LogP contribution in [0, 0.1) is 0 Å². The van der Waals surface area contributed by atoms with E-state index >= 15 is 0 Å². The zero-order chi connectivity index (χ0) is 18.0. The van der Waals surface area contributed by atoms with Gasteiger partial charge in [-0.05, 0) is 19.3 Å². The SMILES string of the molecule is CCCn1cc(S(=O)(=O)N2CCC(c3nc(C(C)C)no3)CC2)cn1. The summed E-state index contributed by atoms with van der Waals surface area (Å²) in [5.74, 6) is 1.66. The predicted molar refractivity (Wildman–Crippen MR) is 91.6 cm³/mol. The van der Waals surface area contributed by atoms with Crippen molar-refractivity contribution in [3.05, 3.63) is 24.1 Å². The Morgan fingerprint density at radius 3 is 2.64 bits per heavy atom. The smallest absolute Gasteiger partial charge is 0.246 e. The number of aromatic nitrogens is 4. The molecule has 0 aromatic carbocycles. The minimum absolute atomic E-state index is 0.120. The van der Waals surface area contributed by atoms with Crippen LogP contribution in [-0.2, 0) is 16.6 Å². The van der Waals surface area contributed by atoms with Crippen molar-refractivity contribution in [1.82, 2.24) is 24.2 Å². The summed E-state index contributed by atoms with van der Waals surface area (Å²) in [6.07, 6.45) is 5.32. The zero-order valence-corrected chi connectivity index (χ0v) is 15.7. The third kappa shape index (κ3) is 3.77. The van der Waals surface area contributed by atoms with E-state index in [1.807, 2.05) is 20.8 Å². The molecule has 1 aliphatic rings. The summed E-state index contributed by atoms with van der Waals surface area (Å²) in [6, 6.07) is 0. The van der Waals surface area contributed by atoms with E-state index in [2.05, 4.69) is 15.2 Å². The van der Waals surface area contributed by atoms with Gasteiger partial charge in [-0.1, -0.05) is 25.9 Å². The Kier molecular flexibility index (Phi) is 5.24. The van der Waals surface area contributed by atoms with E-state index in [4.69, 9.17) is 4.52 Å². The van der Waals surface area contributed by atoms with Crippen molar-refractivity contribution in [1.29, 1.82) is 0 Å². The van der Waals surface area contributed by atoms with Gasteiger partial charge in [-0.25, -0.2) is 8.42 Å². The Labute approximate surface area is 148 Å². The standard InChI is InChI=1S/C16H25N5O3S/c1-4-7-20-11-14(10-17-20)25(22,23)21-8-5-13(6-9-21)16-18-15(12(2)3)19-24-16/h10-13H,4-9H2,1-3H3. The molecule has 1 saturated heterocycles. The summed E-state index contributed by atoms with van der Waals surface area (Å²) >= 11 is 0. The maximum absolute atomic E-state index is 12.8. The number of rotatable bonds is 6. The van der Waals surface area contributed by atoms with Crippen molar-refractivity contribution in [2.75, 3.05) is 13.1 Å². The number of sulfonamides is 1. The second-order valence-electron chi connectivity index (χ2n) is 6.76. The Morgan fingerprint density at radius 2 is 2.04 bits per heavy atom. The summed E-state index contributed by atoms with van der Waals surface area (Å²) in [4.78, 5) is 4.71. The van der Waals surface area contributed by atoms with Gasteiger partial charge in [0.25, 0.3) is 0 Å². The Balaban J connectivity index is 1.66. The largest absolute Gasteiger partial charge is 0.339 e. The van der Waals surface area contributed by atoms with Crippen LogP contribution >= 0.6 is 0 Å². The van der Waals surface area contributed by atoms with Crippen LogP contribution in [-0.4, -0.2) is 45.7 Å². The summed E-state index contributed by atoms with van der Waals surface area (Å²) in [6.45, 7) is 7.68. The van der Waals surface area contributed by atoms with E-state index in [9.17, 15) is 8.42 Å². The molecule has 1 fully saturated rings. The first-order valence-corrected chi connectivity index (χ1v) is 10.2. The van der Waals surface area contributed by atoms with Crippen molar-refractivity contribution < 1.29 is 12.9 Å². The lowest BCUT2D eigenvalue weighted by molar-refractivity contribution is 0.270. The first-order valence-electron chi connectivity index (χ1n) is 8.78. The van der Waals surface area contributed by atoms with Gasteiger partial charge in [-0.3, -0.25) is 4.68 Å². The molecule has 0 atom stereocenters. The molecule has 138 valence electrons. The monoisotopic (exact) mass is 367 g/mol. The lowest BCUT2D eigenvalue weighted by Gasteiger charge is -2.29. The van der Waals surface area contributed by atoms with Crippen LogP contribution in [0.3, 0.4) is 0 Å². The van der Waals surface area contributed by atoms with Crippen molar-refractivity contribution in [3.63, 3.8) is 0 Å². The van der Waals surface area contributed by atoms with E-state index < -0.39 is 10.0 Å². The van der Waals surface area contributed by atoms with Gasteiger partial charge in [0.2, 0.25) is 15.9 Å². The van der Waals surface area contributed by atoms with Gasteiger partial charge < -0.3 is 4.52 Å². The maximum atomic E-state index is 12.8. The summed E-state index contributed by atoms with van der Waals surface area (Å²) in [5.41, 5.74) is 0. The number of hydrogen-bond acceptors (Lipinski definition) is 6. The molecule has 0 amide bonds. The van der Waals surface area contributed by atoms with E-state index in [0.717, 1.165) is 6.42 Å². The fraction of sp³-hybridized carbons (Fsp3) is 0.688. The van der Waals surface area contributed by atoms with Gasteiger partial charge in [-0.2, -0.15) is 14.4 Å². The summed E-state index contributed by atoms with van der Waals surface area (Å²) in [7, 11) is -3.49. The highest BCUT2D eigenvalue weighted by Gasteiger charge is 2.33. The van der Waals surface area contributed by atoms with E-state index in [1.165, 1.54) is 10.5 Å². The molecule has 1 aliphatic heterocycles. The van der Waals surface area contributed by atoms with Crippen LogP contribution in [0.2, 0.25) is 0 Å². The predicted octanol–water partition coefficient (Wildman–Crippen LogP) is 2.37. The number of piperidine rings is 1. The van der Waals surface area contributed by atoms with Gasteiger partial charge in [-0.15, -0.1) is 0 Å². The quantitative estimate of drug-likeness (QED) is 0.778. The molecule has 0 N–H and O–H groups in total. The zero-order valence-electron chi connectivity index (χ0n) is 14.9. The van der Waals surface area contributed by atoms with E-state index in [0.29, 0.717) is 44.2 Å². The molecule has 2 aromatic heterocycles. The third-order valence-corrected chi connectivity index (χ3v) is 6.33. The van der Waals surface area contributed by atoms with Crippen LogP contribution < -0.4 is 0 Å². The van der Waals surface area contributed by atoms with Crippen molar-refractivity contribution in [3.8, 4) is 0 Å². The van der Waals surface area contributed by atoms with Crippen LogP contribution in [0.5, 0.6) is 0 Å². The second-order valence-corrected chi connectivity index (χ2v) is 8.70. The van der Waals surface area contributed by atoms with Gasteiger partial charge in [0.15, 0.2) is 5.82 Å². The molecule has 25 heavy (non-hydrogen) atoms. The van der Waals surface area contributed by atoms with E-state index in [1.54, 1.807) is 10.9 Å². The molecular weight excluding hydrogens is 342 g/mol. The molecule has 0 spiro atoms. The van der Waals surface area contributed by atoms with Crippen molar-refractivity contribution in [2.24, 2.45) is 0 Å².